The molecule has 3 rings (SSSR count). The Kier molecular flexibility index (Phi) is 4.27. The zero-order chi connectivity index (χ0) is 14.8. The van der Waals surface area contributed by atoms with Crippen molar-refractivity contribution in [3.8, 4) is 0 Å². The smallest absolute Gasteiger partial charge is 0.231 e. The zero-order valence-electron chi connectivity index (χ0n) is 13.0. The average Bonchev–Trinajstić information content (AvgIpc) is 2.66. The molecule has 1 fully saturated rings. The summed E-state index contributed by atoms with van der Waals surface area (Å²) in [7, 11) is 2.14. The number of hydrogen-bond donors (Lipinski definition) is 1. The molecule has 2 aliphatic heterocycles. The van der Waals surface area contributed by atoms with Crippen LogP contribution in [0, 0.1) is 0 Å². The molecule has 2 atom stereocenters. The van der Waals surface area contributed by atoms with Crippen molar-refractivity contribution in [2.45, 2.75) is 31.8 Å². The van der Waals surface area contributed by atoms with E-state index in [9.17, 15) is 4.79 Å². The van der Waals surface area contributed by atoms with Crippen LogP contribution in [0.25, 0.3) is 0 Å². The summed E-state index contributed by atoms with van der Waals surface area (Å²) < 4.78 is 0. The molecule has 1 amide bonds. The molecule has 1 N–H and O–H groups in total. The predicted octanol–water partition coefficient (Wildman–Crippen LogP) is 1.43. The predicted molar refractivity (Wildman–Crippen MR) is 84.2 cm³/mol. The Balaban J connectivity index is 1.82. The van der Waals surface area contributed by atoms with Crippen molar-refractivity contribution in [1.29, 1.82) is 0 Å². The third-order valence-electron chi connectivity index (χ3n) is 4.72. The number of carbonyl (C=O) groups is 1. The van der Waals surface area contributed by atoms with Crippen LogP contribution in [0.15, 0.2) is 24.3 Å². The lowest BCUT2D eigenvalue weighted by molar-refractivity contribution is -0.134. The van der Waals surface area contributed by atoms with Crippen molar-refractivity contribution in [3.63, 3.8) is 0 Å². The van der Waals surface area contributed by atoms with Crippen molar-refractivity contribution in [3.05, 3.63) is 35.4 Å². The van der Waals surface area contributed by atoms with Crippen LogP contribution in [0.1, 0.15) is 30.4 Å². The number of fused-ring (bicyclic) bond motifs is 1. The molecule has 1 aromatic carbocycles. The topological polar surface area (TPSA) is 35.6 Å². The summed E-state index contributed by atoms with van der Waals surface area (Å²) in [5.41, 5.74) is 2.48. The van der Waals surface area contributed by atoms with Gasteiger partial charge in [0.25, 0.3) is 0 Å². The third kappa shape index (κ3) is 2.97. The van der Waals surface area contributed by atoms with Crippen LogP contribution in [0.2, 0.25) is 0 Å². The highest BCUT2D eigenvalue weighted by molar-refractivity contribution is 5.85. The lowest BCUT2D eigenvalue weighted by atomic mass is 9.89. The summed E-state index contributed by atoms with van der Waals surface area (Å²) >= 11 is 0. The van der Waals surface area contributed by atoms with Gasteiger partial charge in [-0.2, -0.15) is 0 Å². The minimum absolute atomic E-state index is 0.0270. The number of amides is 1. The monoisotopic (exact) mass is 287 g/mol. The van der Waals surface area contributed by atoms with E-state index >= 15 is 0 Å². The highest BCUT2D eigenvalue weighted by Gasteiger charge is 2.32. The van der Waals surface area contributed by atoms with Gasteiger partial charge in [0.15, 0.2) is 0 Å². The number of hydrogen-bond acceptors (Lipinski definition) is 3. The van der Waals surface area contributed by atoms with E-state index in [2.05, 4.69) is 47.3 Å². The highest BCUT2D eigenvalue weighted by atomic mass is 16.2. The van der Waals surface area contributed by atoms with E-state index in [0.29, 0.717) is 6.04 Å². The molecule has 2 heterocycles. The maximum atomic E-state index is 13.1. The Morgan fingerprint density at radius 1 is 1.29 bits per heavy atom. The molecule has 2 unspecified atom stereocenters. The lowest BCUT2D eigenvalue weighted by Gasteiger charge is -2.34. The fourth-order valence-corrected chi connectivity index (χ4v) is 3.62. The van der Waals surface area contributed by atoms with E-state index in [0.717, 1.165) is 39.1 Å². The van der Waals surface area contributed by atoms with Crippen molar-refractivity contribution < 1.29 is 4.79 Å². The van der Waals surface area contributed by atoms with Crippen LogP contribution < -0.4 is 5.32 Å². The van der Waals surface area contributed by atoms with Gasteiger partial charge in [-0.1, -0.05) is 24.3 Å². The van der Waals surface area contributed by atoms with Gasteiger partial charge in [-0.3, -0.25) is 4.79 Å². The van der Waals surface area contributed by atoms with Crippen LogP contribution in [-0.2, 0) is 11.3 Å². The van der Waals surface area contributed by atoms with Crippen LogP contribution in [-0.4, -0.2) is 55.0 Å². The molecule has 4 nitrogen and oxygen atoms in total. The molecular weight excluding hydrogens is 262 g/mol. The van der Waals surface area contributed by atoms with E-state index in [1.54, 1.807) is 0 Å². The number of nitrogens with one attached hydrogen (secondary N) is 1. The van der Waals surface area contributed by atoms with Gasteiger partial charge in [-0.15, -0.1) is 0 Å². The molecule has 2 aliphatic rings. The van der Waals surface area contributed by atoms with Gasteiger partial charge in [0, 0.05) is 32.2 Å². The Morgan fingerprint density at radius 2 is 2.10 bits per heavy atom. The number of benzene rings is 1. The molecule has 114 valence electrons. The molecule has 0 spiro atoms. The van der Waals surface area contributed by atoms with E-state index in [-0.39, 0.29) is 11.8 Å². The standard InChI is InChI=1S/C17H25N3O/c1-13-12-19(2)8-5-9-20(13)17(21)16-11-18-10-14-6-3-4-7-15(14)16/h3-4,6-7,13,16,18H,5,8-12H2,1-2H3. The SMILES string of the molecule is CC1CN(C)CCCN1C(=O)C1CNCc2ccccc21. The molecule has 0 aliphatic carbocycles. The second-order valence-corrected chi connectivity index (χ2v) is 6.38. The Bertz CT molecular complexity index is 517. The summed E-state index contributed by atoms with van der Waals surface area (Å²) in [5, 5.41) is 3.39. The second kappa shape index (κ2) is 6.16. The average molecular weight is 287 g/mol. The van der Waals surface area contributed by atoms with Gasteiger partial charge >= 0.3 is 0 Å². The second-order valence-electron chi connectivity index (χ2n) is 6.38. The number of carbonyl (C=O) groups excluding carboxylic acids is 1. The molecule has 0 saturated carbocycles. The van der Waals surface area contributed by atoms with E-state index in [1.807, 2.05) is 6.07 Å². The maximum Gasteiger partial charge on any atom is 0.231 e. The van der Waals surface area contributed by atoms with E-state index < -0.39 is 0 Å². The Hall–Kier alpha value is -1.39. The first-order valence-electron chi connectivity index (χ1n) is 7.94. The maximum absolute atomic E-state index is 13.1. The van der Waals surface area contributed by atoms with Gasteiger partial charge in [-0.05, 0) is 38.1 Å². The van der Waals surface area contributed by atoms with E-state index in [1.165, 1.54) is 11.1 Å². The van der Waals surface area contributed by atoms with Crippen LogP contribution >= 0.6 is 0 Å². The summed E-state index contributed by atoms with van der Waals surface area (Å²) in [5.74, 6) is 0.262. The zero-order valence-corrected chi connectivity index (χ0v) is 13.0. The largest absolute Gasteiger partial charge is 0.338 e. The molecule has 0 aromatic heterocycles. The number of nitrogens with zero attached hydrogens (tertiary/aromatic N) is 2. The fraction of sp³-hybridized carbons (Fsp3) is 0.588. The molecule has 1 saturated heterocycles. The van der Waals surface area contributed by atoms with Gasteiger partial charge in [0.05, 0.1) is 5.92 Å². The fourth-order valence-electron chi connectivity index (χ4n) is 3.62. The summed E-state index contributed by atoms with van der Waals surface area (Å²) in [6, 6.07) is 8.63. The first-order valence-corrected chi connectivity index (χ1v) is 7.94. The molecule has 21 heavy (non-hydrogen) atoms. The first-order chi connectivity index (χ1) is 10.2. The molecule has 0 radical (unpaired) electrons. The molecule has 4 heteroatoms. The van der Waals surface area contributed by atoms with Crippen LogP contribution in [0.3, 0.4) is 0 Å². The molecular formula is C17H25N3O. The Labute approximate surface area is 127 Å². The quantitative estimate of drug-likeness (QED) is 0.849. The van der Waals surface area contributed by atoms with Crippen molar-refractivity contribution in [2.24, 2.45) is 0 Å². The summed E-state index contributed by atoms with van der Waals surface area (Å²) in [6.45, 7) is 6.72. The minimum atomic E-state index is -0.0270. The number of likely N-dealkylation sites (N-methyl/N-ethyl adjacent to an activating group) is 1. The Morgan fingerprint density at radius 3 is 2.95 bits per heavy atom. The van der Waals surface area contributed by atoms with Gasteiger partial charge in [0.1, 0.15) is 0 Å². The van der Waals surface area contributed by atoms with Gasteiger partial charge in [0.2, 0.25) is 5.91 Å². The first kappa shape index (κ1) is 14.5. The van der Waals surface area contributed by atoms with Gasteiger partial charge < -0.3 is 15.1 Å². The normalized spacial score (nSPS) is 27.0. The summed E-state index contributed by atoms with van der Waals surface area (Å²) in [4.78, 5) is 17.5. The van der Waals surface area contributed by atoms with Crippen LogP contribution in [0.5, 0.6) is 0 Å². The van der Waals surface area contributed by atoms with Crippen molar-refractivity contribution >= 4 is 5.91 Å². The van der Waals surface area contributed by atoms with E-state index in [4.69, 9.17) is 0 Å². The lowest BCUT2D eigenvalue weighted by Crippen LogP contribution is -2.47. The third-order valence-corrected chi connectivity index (χ3v) is 4.72. The minimum Gasteiger partial charge on any atom is -0.338 e. The molecule has 0 bridgehead atoms. The van der Waals surface area contributed by atoms with Gasteiger partial charge in [-0.25, -0.2) is 0 Å². The number of rotatable bonds is 1. The van der Waals surface area contributed by atoms with Crippen molar-refractivity contribution in [2.75, 3.05) is 33.2 Å². The molecule has 1 aromatic rings. The highest BCUT2D eigenvalue weighted by Crippen LogP contribution is 2.27. The van der Waals surface area contributed by atoms with Crippen LogP contribution in [0.4, 0.5) is 0 Å². The summed E-state index contributed by atoms with van der Waals surface area (Å²) in [6.07, 6.45) is 1.06. The van der Waals surface area contributed by atoms with Crippen molar-refractivity contribution in [1.82, 2.24) is 15.1 Å².